The molecular weight excluding hydrogens is 265 g/mol. The molecular formula is C11H9F3N2OS. The van der Waals surface area contributed by atoms with E-state index in [1.54, 1.807) is 6.92 Å². The SMILES string of the molecule is COc1ccc(-c2nnc(C)s2)c(C(F)(F)F)c1. The second-order valence-electron chi connectivity index (χ2n) is 3.54. The zero-order valence-electron chi connectivity index (χ0n) is 9.58. The van der Waals surface area contributed by atoms with Gasteiger partial charge in [0.15, 0.2) is 0 Å². The van der Waals surface area contributed by atoms with Gasteiger partial charge in [-0.3, -0.25) is 0 Å². The van der Waals surface area contributed by atoms with E-state index in [0.717, 1.165) is 17.4 Å². The van der Waals surface area contributed by atoms with Crippen molar-refractivity contribution in [3.05, 3.63) is 28.8 Å². The summed E-state index contributed by atoms with van der Waals surface area (Å²) in [7, 11) is 1.32. The van der Waals surface area contributed by atoms with E-state index in [4.69, 9.17) is 4.74 Å². The van der Waals surface area contributed by atoms with Gasteiger partial charge in [-0.15, -0.1) is 10.2 Å². The van der Waals surface area contributed by atoms with Crippen molar-refractivity contribution in [3.63, 3.8) is 0 Å². The molecule has 2 rings (SSSR count). The Kier molecular flexibility index (Phi) is 3.25. The largest absolute Gasteiger partial charge is 0.497 e. The number of methoxy groups -OCH3 is 1. The van der Waals surface area contributed by atoms with Crippen LogP contribution in [-0.4, -0.2) is 17.3 Å². The van der Waals surface area contributed by atoms with E-state index in [9.17, 15) is 13.2 Å². The van der Waals surface area contributed by atoms with Crippen LogP contribution in [0.3, 0.4) is 0 Å². The third-order valence-corrected chi connectivity index (χ3v) is 3.16. The zero-order chi connectivity index (χ0) is 13.3. The Morgan fingerprint density at radius 3 is 2.44 bits per heavy atom. The summed E-state index contributed by atoms with van der Waals surface area (Å²) in [4.78, 5) is 0. The number of halogens is 3. The van der Waals surface area contributed by atoms with E-state index in [0.29, 0.717) is 5.01 Å². The summed E-state index contributed by atoms with van der Waals surface area (Å²) in [5.74, 6) is 0.160. The summed E-state index contributed by atoms with van der Waals surface area (Å²) < 4.78 is 43.7. The van der Waals surface area contributed by atoms with Gasteiger partial charge in [0.25, 0.3) is 0 Å². The number of ether oxygens (including phenoxy) is 1. The third kappa shape index (κ3) is 2.45. The molecule has 0 amide bonds. The summed E-state index contributed by atoms with van der Waals surface area (Å²) in [5, 5.41) is 8.34. The molecule has 0 bridgehead atoms. The van der Waals surface area contributed by atoms with Crippen molar-refractivity contribution in [3.8, 4) is 16.3 Å². The number of rotatable bonds is 2. The second kappa shape index (κ2) is 4.56. The fraction of sp³-hybridized carbons (Fsp3) is 0.273. The summed E-state index contributed by atoms with van der Waals surface area (Å²) in [6.45, 7) is 1.69. The van der Waals surface area contributed by atoms with Gasteiger partial charge < -0.3 is 4.74 Å². The third-order valence-electron chi connectivity index (χ3n) is 2.29. The first-order chi connectivity index (χ1) is 8.41. The highest BCUT2D eigenvalue weighted by atomic mass is 32.1. The normalized spacial score (nSPS) is 11.6. The van der Waals surface area contributed by atoms with Crippen molar-refractivity contribution in [2.45, 2.75) is 13.1 Å². The summed E-state index contributed by atoms with van der Waals surface area (Å²) in [6, 6.07) is 3.79. The molecule has 1 aromatic carbocycles. The highest BCUT2D eigenvalue weighted by Gasteiger charge is 2.35. The van der Waals surface area contributed by atoms with Crippen molar-refractivity contribution in [1.29, 1.82) is 0 Å². The molecule has 18 heavy (non-hydrogen) atoms. The maximum absolute atomic E-state index is 13.0. The molecule has 7 heteroatoms. The molecule has 0 spiro atoms. The van der Waals surface area contributed by atoms with Gasteiger partial charge >= 0.3 is 6.18 Å². The van der Waals surface area contributed by atoms with Crippen LogP contribution in [0.4, 0.5) is 13.2 Å². The highest BCUT2D eigenvalue weighted by molar-refractivity contribution is 7.14. The maximum Gasteiger partial charge on any atom is 0.417 e. The Morgan fingerprint density at radius 2 is 1.94 bits per heavy atom. The molecule has 2 aromatic rings. The molecule has 1 aromatic heterocycles. The van der Waals surface area contributed by atoms with Crippen LogP contribution < -0.4 is 4.74 Å². The van der Waals surface area contributed by atoms with Gasteiger partial charge in [0.1, 0.15) is 15.8 Å². The molecule has 3 nitrogen and oxygen atoms in total. The molecule has 0 aliphatic heterocycles. The van der Waals surface area contributed by atoms with Gasteiger partial charge in [0.05, 0.1) is 12.7 Å². The van der Waals surface area contributed by atoms with E-state index in [1.807, 2.05) is 0 Å². The average molecular weight is 274 g/mol. The maximum atomic E-state index is 13.0. The molecule has 1 heterocycles. The van der Waals surface area contributed by atoms with Gasteiger partial charge in [-0.05, 0) is 25.1 Å². The number of alkyl halides is 3. The van der Waals surface area contributed by atoms with Crippen LogP contribution in [0.5, 0.6) is 5.75 Å². The number of aromatic nitrogens is 2. The van der Waals surface area contributed by atoms with Gasteiger partial charge in [-0.25, -0.2) is 0 Å². The minimum absolute atomic E-state index is 0.0221. The number of hydrogen-bond donors (Lipinski definition) is 0. The van der Waals surface area contributed by atoms with Gasteiger partial charge in [-0.2, -0.15) is 13.2 Å². The first-order valence-electron chi connectivity index (χ1n) is 4.97. The van der Waals surface area contributed by atoms with Crippen LogP contribution in [0.2, 0.25) is 0 Å². The van der Waals surface area contributed by atoms with Gasteiger partial charge in [0.2, 0.25) is 0 Å². The summed E-state index contributed by atoms with van der Waals surface area (Å²) >= 11 is 1.12. The lowest BCUT2D eigenvalue weighted by atomic mass is 10.1. The van der Waals surface area contributed by atoms with E-state index >= 15 is 0 Å². The molecule has 0 N–H and O–H groups in total. The van der Waals surface area contributed by atoms with E-state index < -0.39 is 11.7 Å². The van der Waals surface area contributed by atoms with E-state index in [2.05, 4.69) is 10.2 Å². The molecule has 0 aliphatic rings. The summed E-state index contributed by atoms with van der Waals surface area (Å²) in [5.41, 5.74) is -0.744. The first kappa shape index (κ1) is 12.8. The number of aryl methyl sites for hydroxylation is 1. The molecule has 0 fully saturated rings. The molecule has 0 atom stereocenters. The number of benzene rings is 1. The quantitative estimate of drug-likeness (QED) is 0.840. The molecule has 0 aliphatic carbocycles. The second-order valence-corrected chi connectivity index (χ2v) is 4.72. The van der Waals surface area contributed by atoms with Gasteiger partial charge in [0, 0.05) is 5.56 Å². The standard InChI is InChI=1S/C11H9F3N2OS/c1-6-15-16-10(18-6)8-4-3-7(17-2)5-9(8)11(12,13)14/h3-5H,1-2H3. The van der Waals surface area contributed by atoms with Crippen molar-refractivity contribution in [1.82, 2.24) is 10.2 Å². The van der Waals surface area contributed by atoms with E-state index in [1.165, 1.54) is 19.2 Å². The van der Waals surface area contributed by atoms with Crippen molar-refractivity contribution in [2.75, 3.05) is 7.11 Å². The first-order valence-corrected chi connectivity index (χ1v) is 5.79. The molecule has 0 unspecified atom stereocenters. The lowest BCUT2D eigenvalue weighted by Crippen LogP contribution is -2.07. The predicted octanol–water partition coefficient (Wildman–Crippen LogP) is 3.54. The fourth-order valence-corrected chi connectivity index (χ4v) is 2.21. The van der Waals surface area contributed by atoms with Crippen LogP contribution in [-0.2, 0) is 6.18 Å². The number of nitrogens with zero attached hydrogens (tertiary/aromatic N) is 2. The van der Waals surface area contributed by atoms with Crippen LogP contribution in [0.15, 0.2) is 18.2 Å². The minimum atomic E-state index is -4.45. The monoisotopic (exact) mass is 274 g/mol. The molecule has 0 saturated carbocycles. The Morgan fingerprint density at radius 1 is 1.22 bits per heavy atom. The van der Waals surface area contributed by atoms with E-state index in [-0.39, 0.29) is 16.3 Å². The van der Waals surface area contributed by atoms with Crippen LogP contribution in [0.25, 0.3) is 10.6 Å². The summed E-state index contributed by atoms with van der Waals surface area (Å²) in [6.07, 6.45) is -4.45. The minimum Gasteiger partial charge on any atom is -0.497 e. The fourth-order valence-electron chi connectivity index (χ4n) is 1.48. The van der Waals surface area contributed by atoms with Crippen molar-refractivity contribution < 1.29 is 17.9 Å². The van der Waals surface area contributed by atoms with Crippen LogP contribution >= 0.6 is 11.3 Å². The topological polar surface area (TPSA) is 35.0 Å². The Bertz CT molecular complexity index is 566. The van der Waals surface area contributed by atoms with Crippen LogP contribution in [0.1, 0.15) is 10.6 Å². The highest BCUT2D eigenvalue weighted by Crippen LogP contribution is 2.39. The Labute approximate surface area is 105 Å². The Balaban J connectivity index is 2.60. The smallest absolute Gasteiger partial charge is 0.417 e. The van der Waals surface area contributed by atoms with Crippen LogP contribution in [0, 0.1) is 6.92 Å². The lowest BCUT2D eigenvalue weighted by molar-refractivity contribution is -0.137. The zero-order valence-corrected chi connectivity index (χ0v) is 10.4. The number of hydrogen-bond acceptors (Lipinski definition) is 4. The van der Waals surface area contributed by atoms with Crippen molar-refractivity contribution >= 4 is 11.3 Å². The predicted molar refractivity (Wildman–Crippen MR) is 61.6 cm³/mol. The van der Waals surface area contributed by atoms with Crippen molar-refractivity contribution in [2.24, 2.45) is 0 Å². The van der Waals surface area contributed by atoms with Gasteiger partial charge in [-0.1, -0.05) is 11.3 Å². The molecule has 0 saturated heterocycles. The Hall–Kier alpha value is -1.63. The molecule has 0 radical (unpaired) electrons. The molecule has 96 valence electrons. The average Bonchev–Trinajstić information content (AvgIpc) is 2.74. The lowest BCUT2D eigenvalue weighted by Gasteiger charge is -2.12.